The van der Waals surface area contributed by atoms with E-state index in [0.717, 1.165) is 16.7 Å². The number of anilines is 1. The van der Waals surface area contributed by atoms with Crippen LogP contribution < -0.4 is 5.73 Å². The summed E-state index contributed by atoms with van der Waals surface area (Å²) in [6.07, 6.45) is -4.59. The van der Waals surface area contributed by atoms with Crippen LogP contribution in [0.2, 0.25) is 0 Å². The average Bonchev–Trinajstić information content (AvgIpc) is 2.33. The van der Waals surface area contributed by atoms with Gasteiger partial charge in [-0.05, 0) is 19.4 Å². The van der Waals surface area contributed by atoms with Crippen LogP contribution in [0, 0.1) is 13.8 Å². The van der Waals surface area contributed by atoms with Crippen LogP contribution in [0.4, 0.5) is 19.0 Å². The van der Waals surface area contributed by atoms with Gasteiger partial charge in [-0.2, -0.15) is 13.2 Å². The first kappa shape index (κ1) is 15.6. The lowest BCUT2D eigenvalue weighted by Crippen LogP contribution is -2.12. The second kappa shape index (κ2) is 5.93. The molecule has 2 rings (SSSR count). The fourth-order valence-electron chi connectivity index (χ4n) is 1.95. The Balaban J connectivity index is 2.18. The van der Waals surface area contributed by atoms with E-state index in [0.29, 0.717) is 5.75 Å². The van der Waals surface area contributed by atoms with Crippen molar-refractivity contribution in [3.63, 3.8) is 0 Å². The highest BCUT2D eigenvalue weighted by atomic mass is 32.2. The van der Waals surface area contributed by atoms with Gasteiger partial charge in [0.05, 0.1) is 0 Å². The molecule has 112 valence electrons. The molecule has 2 aromatic rings. The van der Waals surface area contributed by atoms with Gasteiger partial charge in [-0.25, -0.2) is 9.97 Å². The second-order valence-corrected chi connectivity index (χ2v) is 5.73. The minimum absolute atomic E-state index is 0.180. The summed E-state index contributed by atoms with van der Waals surface area (Å²) in [5.74, 6) is -0.860. The normalized spacial score (nSPS) is 11.7. The molecule has 1 aromatic heterocycles. The minimum atomic E-state index is -4.59. The fourth-order valence-corrected chi connectivity index (χ4v) is 2.79. The van der Waals surface area contributed by atoms with Gasteiger partial charge in [0.25, 0.3) is 0 Å². The number of aromatic nitrogens is 2. The minimum Gasteiger partial charge on any atom is -0.384 e. The molecular formula is C14H14F3N3S. The highest BCUT2D eigenvalue weighted by molar-refractivity contribution is 7.98. The Morgan fingerprint density at radius 2 is 1.67 bits per heavy atom. The highest BCUT2D eigenvalue weighted by Gasteiger charge is 2.35. The van der Waals surface area contributed by atoms with Gasteiger partial charge in [-0.1, -0.05) is 29.3 Å². The van der Waals surface area contributed by atoms with Crippen LogP contribution >= 0.6 is 11.8 Å². The average molecular weight is 313 g/mol. The first-order valence-electron chi connectivity index (χ1n) is 6.16. The van der Waals surface area contributed by atoms with Crippen LogP contribution in [-0.4, -0.2) is 9.97 Å². The Bertz CT molecular complexity index is 636. The number of aryl methyl sites for hydroxylation is 2. The number of rotatable bonds is 3. The number of alkyl halides is 3. The quantitative estimate of drug-likeness (QED) is 0.688. The number of thioether (sulfide) groups is 1. The molecule has 0 aliphatic heterocycles. The molecule has 0 aliphatic carbocycles. The zero-order valence-electron chi connectivity index (χ0n) is 11.5. The van der Waals surface area contributed by atoms with Gasteiger partial charge in [0.2, 0.25) is 5.82 Å². The molecule has 0 fully saturated rings. The van der Waals surface area contributed by atoms with E-state index in [1.54, 1.807) is 0 Å². The number of benzene rings is 1. The van der Waals surface area contributed by atoms with Crippen LogP contribution in [0.5, 0.6) is 0 Å². The van der Waals surface area contributed by atoms with Crippen molar-refractivity contribution in [3.05, 3.63) is 46.8 Å². The molecule has 0 spiro atoms. The Labute approximate surface area is 124 Å². The summed E-state index contributed by atoms with van der Waals surface area (Å²) in [4.78, 5) is 6.73. The second-order valence-electron chi connectivity index (χ2n) is 4.74. The van der Waals surface area contributed by atoms with Crippen molar-refractivity contribution in [2.24, 2.45) is 0 Å². The van der Waals surface area contributed by atoms with Gasteiger partial charge in [-0.15, -0.1) is 11.8 Å². The molecule has 3 nitrogen and oxygen atoms in total. The summed E-state index contributed by atoms with van der Waals surface area (Å²) in [6.45, 7) is 3.96. The largest absolute Gasteiger partial charge is 0.451 e. The molecule has 0 saturated heterocycles. The maximum absolute atomic E-state index is 12.6. The van der Waals surface area contributed by atoms with E-state index in [1.807, 2.05) is 32.0 Å². The van der Waals surface area contributed by atoms with Gasteiger partial charge in [0.15, 0.2) is 0 Å². The van der Waals surface area contributed by atoms with E-state index in [1.165, 1.54) is 17.8 Å². The van der Waals surface area contributed by atoms with Crippen LogP contribution in [0.1, 0.15) is 22.5 Å². The summed E-state index contributed by atoms with van der Waals surface area (Å²) < 4.78 is 37.9. The van der Waals surface area contributed by atoms with Crippen molar-refractivity contribution < 1.29 is 13.2 Å². The number of nitrogens with zero attached hydrogens (tertiary/aromatic N) is 2. The van der Waals surface area contributed by atoms with Gasteiger partial charge >= 0.3 is 6.18 Å². The Morgan fingerprint density at radius 3 is 2.24 bits per heavy atom. The fraction of sp³-hybridized carbons (Fsp3) is 0.286. The van der Waals surface area contributed by atoms with E-state index in [9.17, 15) is 13.2 Å². The molecule has 0 bridgehead atoms. The predicted molar refractivity (Wildman–Crippen MR) is 76.9 cm³/mol. The van der Waals surface area contributed by atoms with Crippen molar-refractivity contribution in [1.82, 2.24) is 9.97 Å². The smallest absolute Gasteiger partial charge is 0.384 e. The summed E-state index contributed by atoms with van der Waals surface area (Å²) in [5, 5.41) is 0.217. The number of nitrogen functional groups attached to an aromatic ring is 1. The third-order valence-electron chi connectivity index (χ3n) is 2.64. The summed E-state index contributed by atoms with van der Waals surface area (Å²) >= 11 is 1.20. The summed E-state index contributed by atoms with van der Waals surface area (Å²) in [7, 11) is 0. The molecule has 2 N–H and O–H groups in total. The monoisotopic (exact) mass is 313 g/mol. The molecule has 0 amide bonds. The molecule has 0 unspecified atom stereocenters. The van der Waals surface area contributed by atoms with Crippen LogP contribution in [0.15, 0.2) is 29.3 Å². The topological polar surface area (TPSA) is 51.8 Å². The van der Waals surface area contributed by atoms with E-state index in [-0.39, 0.29) is 10.8 Å². The van der Waals surface area contributed by atoms with Gasteiger partial charge in [0.1, 0.15) is 10.8 Å². The molecule has 0 atom stereocenters. The third kappa shape index (κ3) is 4.35. The molecular weight excluding hydrogens is 299 g/mol. The molecule has 21 heavy (non-hydrogen) atoms. The summed E-state index contributed by atoms with van der Waals surface area (Å²) in [5.41, 5.74) is 8.67. The molecule has 7 heteroatoms. The molecule has 0 aliphatic rings. The summed E-state index contributed by atoms with van der Waals surface area (Å²) in [6, 6.07) is 7.38. The molecule has 0 radical (unpaired) electrons. The number of nitrogens with two attached hydrogens (primary N) is 1. The SMILES string of the molecule is Cc1cc(C)cc(CSc2cc(N)nc(C(F)(F)F)n2)c1. The Kier molecular flexibility index (Phi) is 4.41. The van der Waals surface area contributed by atoms with Crippen LogP contribution in [0.25, 0.3) is 0 Å². The number of hydrogen-bond acceptors (Lipinski definition) is 4. The lowest BCUT2D eigenvalue weighted by Gasteiger charge is -2.08. The standard InChI is InChI=1S/C14H14F3N3S/c1-8-3-9(2)5-10(4-8)7-21-12-6-11(18)19-13(20-12)14(15,16)17/h3-6H,7H2,1-2H3,(H2,18,19,20). The van der Waals surface area contributed by atoms with E-state index < -0.39 is 12.0 Å². The zero-order valence-corrected chi connectivity index (χ0v) is 12.3. The highest BCUT2D eigenvalue weighted by Crippen LogP contribution is 2.30. The zero-order chi connectivity index (χ0) is 15.6. The predicted octanol–water partition coefficient (Wildman–Crippen LogP) is 3.99. The van der Waals surface area contributed by atoms with Crippen molar-refractivity contribution in [2.45, 2.75) is 30.8 Å². The van der Waals surface area contributed by atoms with E-state index in [4.69, 9.17) is 5.73 Å². The molecule has 0 saturated carbocycles. The number of hydrogen-bond donors (Lipinski definition) is 1. The van der Waals surface area contributed by atoms with E-state index in [2.05, 4.69) is 9.97 Å². The third-order valence-corrected chi connectivity index (χ3v) is 3.63. The van der Waals surface area contributed by atoms with Crippen molar-refractivity contribution in [1.29, 1.82) is 0 Å². The Hall–Kier alpha value is -1.76. The van der Waals surface area contributed by atoms with Gasteiger partial charge in [0, 0.05) is 11.8 Å². The first-order chi connectivity index (χ1) is 9.74. The molecule has 1 heterocycles. The first-order valence-corrected chi connectivity index (χ1v) is 7.14. The lowest BCUT2D eigenvalue weighted by atomic mass is 10.1. The van der Waals surface area contributed by atoms with Crippen LogP contribution in [-0.2, 0) is 11.9 Å². The van der Waals surface area contributed by atoms with Crippen molar-refractivity contribution >= 4 is 17.6 Å². The van der Waals surface area contributed by atoms with Crippen molar-refractivity contribution in [3.8, 4) is 0 Å². The van der Waals surface area contributed by atoms with Crippen LogP contribution in [0.3, 0.4) is 0 Å². The van der Waals surface area contributed by atoms with Crippen molar-refractivity contribution in [2.75, 3.05) is 5.73 Å². The maximum Gasteiger partial charge on any atom is 0.451 e. The van der Waals surface area contributed by atoms with Gasteiger partial charge < -0.3 is 5.73 Å². The maximum atomic E-state index is 12.6. The van der Waals surface area contributed by atoms with Gasteiger partial charge in [-0.3, -0.25) is 0 Å². The van der Waals surface area contributed by atoms with E-state index >= 15 is 0 Å². The number of halogens is 3. The molecule has 1 aromatic carbocycles. The Morgan fingerprint density at radius 1 is 1.05 bits per heavy atom. The lowest BCUT2D eigenvalue weighted by molar-refractivity contribution is -0.145.